The number of amides is 1. The average molecular weight is 422 g/mol. The first-order chi connectivity index (χ1) is 14.8. The Labute approximate surface area is 177 Å². The van der Waals surface area contributed by atoms with Gasteiger partial charge in [0.15, 0.2) is 0 Å². The largest absolute Gasteiger partial charge is 0.491 e. The third-order valence-corrected chi connectivity index (χ3v) is 6.26. The van der Waals surface area contributed by atoms with Crippen molar-refractivity contribution in [3.63, 3.8) is 0 Å². The SMILES string of the molecule is NC=O.c1nc2ccc(-c3nc4cc(NCC5CC5)cc5c4n3CCCO5)cc2s1. The summed E-state index contributed by atoms with van der Waals surface area (Å²) >= 11 is 1.67. The van der Waals surface area contributed by atoms with Crippen LogP contribution in [0.15, 0.2) is 35.8 Å². The second-order valence-electron chi connectivity index (χ2n) is 7.63. The molecular formula is C22H23N5O2S. The van der Waals surface area contributed by atoms with Gasteiger partial charge in [-0.2, -0.15) is 0 Å². The Hall–Kier alpha value is -3.13. The minimum Gasteiger partial charge on any atom is -0.491 e. The van der Waals surface area contributed by atoms with E-state index in [2.05, 4.69) is 50.9 Å². The maximum Gasteiger partial charge on any atom is 0.204 e. The number of thiazole rings is 1. The number of carbonyl (C=O) groups excluding carboxylic acids is 1. The van der Waals surface area contributed by atoms with Crippen LogP contribution in [0.2, 0.25) is 0 Å². The van der Waals surface area contributed by atoms with Crippen molar-refractivity contribution in [3.05, 3.63) is 35.8 Å². The van der Waals surface area contributed by atoms with Crippen molar-refractivity contribution in [2.45, 2.75) is 25.8 Å². The van der Waals surface area contributed by atoms with Crippen LogP contribution in [-0.2, 0) is 11.3 Å². The molecule has 1 aliphatic heterocycles. The predicted octanol–water partition coefficient (Wildman–Crippen LogP) is 4.02. The summed E-state index contributed by atoms with van der Waals surface area (Å²) < 4.78 is 9.60. The molecule has 0 unspecified atom stereocenters. The van der Waals surface area contributed by atoms with Gasteiger partial charge in [-0.3, -0.25) is 4.79 Å². The number of nitrogens with one attached hydrogen (secondary N) is 1. The lowest BCUT2D eigenvalue weighted by atomic mass is 10.2. The standard InChI is InChI=1S/C21H20N4OS.CH3NO/c1-6-25-20-17(9-15(10-18(20)26-7-1)22-11-13-2-3-13)24-21(25)14-4-5-16-19(8-14)27-12-23-16;2-1-3/h4-5,8-10,12-13,22H,1-3,6-7,11H2;1H,(H2,2,3). The molecule has 1 saturated carbocycles. The van der Waals surface area contributed by atoms with Crippen molar-refractivity contribution in [2.75, 3.05) is 18.5 Å². The fourth-order valence-electron chi connectivity index (χ4n) is 3.86. The minimum atomic E-state index is 0.250. The molecule has 154 valence electrons. The molecule has 0 saturated heterocycles. The number of nitrogens with zero attached hydrogens (tertiary/aromatic N) is 3. The van der Waals surface area contributed by atoms with Gasteiger partial charge < -0.3 is 20.4 Å². The molecule has 0 atom stereocenters. The highest BCUT2D eigenvalue weighted by molar-refractivity contribution is 7.16. The van der Waals surface area contributed by atoms with Crippen LogP contribution in [0.25, 0.3) is 32.6 Å². The van der Waals surface area contributed by atoms with Gasteiger partial charge in [-0.05, 0) is 49.4 Å². The molecule has 2 aliphatic rings. The zero-order valence-electron chi connectivity index (χ0n) is 16.5. The summed E-state index contributed by atoms with van der Waals surface area (Å²) in [6, 6.07) is 10.7. The molecule has 1 fully saturated rings. The van der Waals surface area contributed by atoms with Crippen LogP contribution < -0.4 is 15.8 Å². The maximum absolute atomic E-state index is 8.58. The molecule has 7 nitrogen and oxygen atoms in total. The van der Waals surface area contributed by atoms with Crippen molar-refractivity contribution >= 4 is 44.7 Å². The fourth-order valence-corrected chi connectivity index (χ4v) is 4.58. The molecule has 3 N–H and O–H groups in total. The van der Waals surface area contributed by atoms with Gasteiger partial charge in [-0.15, -0.1) is 11.3 Å². The Kier molecular flexibility index (Phi) is 5.00. The molecule has 0 spiro atoms. The van der Waals surface area contributed by atoms with E-state index in [0.29, 0.717) is 0 Å². The summed E-state index contributed by atoms with van der Waals surface area (Å²) in [7, 11) is 0. The highest BCUT2D eigenvalue weighted by Crippen LogP contribution is 2.37. The highest BCUT2D eigenvalue weighted by Gasteiger charge is 2.23. The topological polar surface area (TPSA) is 95.1 Å². The number of hydrogen-bond acceptors (Lipinski definition) is 6. The lowest BCUT2D eigenvalue weighted by molar-refractivity contribution is -0.106. The number of benzene rings is 2. The lowest BCUT2D eigenvalue weighted by Gasteiger charge is -2.10. The zero-order valence-corrected chi connectivity index (χ0v) is 17.3. The number of rotatable bonds is 4. The van der Waals surface area contributed by atoms with Crippen LogP contribution >= 0.6 is 11.3 Å². The van der Waals surface area contributed by atoms with Gasteiger partial charge in [0.05, 0.1) is 27.9 Å². The van der Waals surface area contributed by atoms with Gasteiger partial charge in [0.25, 0.3) is 0 Å². The number of anilines is 1. The molecular weight excluding hydrogens is 398 g/mol. The van der Waals surface area contributed by atoms with Gasteiger partial charge in [-0.25, -0.2) is 9.97 Å². The molecule has 1 aliphatic carbocycles. The Balaban J connectivity index is 0.000000609. The Morgan fingerprint density at radius 1 is 1.27 bits per heavy atom. The monoisotopic (exact) mass is 421 g/mol. The molecule has 8 heteroatoms. The number of ether oxygens (including phenoxy) is 1. The van der Waals surface area contributed by atoms with Gasteiger partial charge in [0.1, 0.15) is 17.1 Å². The third kappa shape index (κ3) is 3.59. The van der Waals surface area contributed by atoms with E-state index in [1.54, 1.807) is 11.3 Å². The smallest absolute Gasteiger partial charge is 0.204 e. The summed E-state index contributed by atoms with van der Waals surface area (Å²) in [5.41, 5.74) is 11.5. The fraction of sp³-hybridized carbons (Fsp3) is 0.318. The van der Waals surface area contributed by atoms with Gasteiger partial charge in [-0.1, -0.05) is 0 Å². The predicted molar refractivity (Wildman–Crippen MR) is 120 cm³/mol. The van der Waals surface area contributed by atoms with E-state index in [-0.39, 0.29) is 6.41 Å². The van der Waals surface area contributed by atoms with E-state index < -0.39 is 0 Å². The normalized spacial score (nSPS) is 15.2. The molecule has 2 aromatic heterocycles. The van der Waals surface area contributed by atoms with E-state index in [1.165, 1.54) is 17.5 Å². The Morgan fingerprint density at radius 3 is 2.97 bits per heavy atom. The van der Waals surface area contributed by atoms with Gasteiger partial charge in [0, 0.05) is 30.4 Å². The highest BCUT2D eigenvalue weighted by atomic mass is 32.1. The van der Waals surface area contributed by atoms with Crippen molar-refractivity contribution in [1.82, 2.24) is 14.5 Å². The van der Waals surface area contributed by atoms with Gasteiger partial charge >= 0.3 is 0 Å². The number of fused-ring (bicyclic) bond motifs is 1. The first-order valence-electron chi connectivity index (χ1n) is 10.2. The Bertz CT molecular complexity index is 1210. The van der Waals surface area contributed by atoms with Crippen molar-refractivity contribution < 1.29 is 9.53 Å². The number of primary amides is 1. The molecule has 3 heterocycles. The first kappa shape index (κ1) is 18.9. The summed E-state index contributed by atoms with van der Waals surface area (Å²) in [6.07, 6.45) is 3.93. The molecule has 2 aromatic carbocycles. The van der Waals surface area contributed by atoms with Crippen LogP contribution in [0, 0.1) is 5.92 Å². The van der Waals surface area contributed by atoms with E-state index >= 15 is 0 Å². The molecule has 4 aromatic rings. The maximum atomic E-state index is 8.58. The number of aryl methyl sites for hydroxylation is 1. The molecule has 0 bridgehead atoms. The van der Waals surface area contributed by atoms with Crippen molar-refractivity contribution in [2.24, 2.45) is 11.7 Å². The second-order valence-corrected chi connectivity index (χ2v) is 8.51. The van der Waals surface area contributed by atoms with Crippen molar-refractivity contribution in [1.29, 1.82) is 0 Å². The Morgan fingerprint density at radius 2 is 2.13 bits per heavy atom. The lowest BCUT2D eigenvalue weighted by Crippen LogP contribution is -2.03. The minimum absolute atomic E-state index is 0.250. The quantitative estimate of drug-likeness (QED) is 0.485. The number of carbonyl (C=O) groups is 1. The summed E-state index contributed by atoms with van der Waals surface area (Å²) in [5, 5.41) is 3.57. The average Bonchev–Trinajstić information content (AvgIpc) is 3.40. The second kappa shape index (κ2) is 7.95. The van der Waals surface area contributed by atoms with Crippen molar-refractivity contribution in [3.8, 4) is 17.1 Å². The number of nitrogens with two attached hydrogens (primary N) is 1. The first-order valence-corrected chi connectivity index (χ1v) is 11.0. The molecule has 6 rings (SSSR count). The number of hydrogen-bond donors (Lipinski definition) is 2. The number of imidazole rings is 1. The summed E-state index contributed by atoms with van der Waals surface area (Å²) in [6.45, 7) is 2.71. The van der Waals surface area contributed by atoms with E-state index in [1.807, 2.05) is 5.51 Å². The van der Waals surface area contributed by atoms with E-state index in [0.717, 1.165) is 71.4 Å². The number of aromatic nitrogens is 3. The van der Waals surface area contributed by atoms with E-state index in [9.17, 15) is 0 Å². The summed E-state index contributed by atoms with van der Waals surface area (Å²) in [5.74, 6) is 2.80. The van der Waals surface area contributed by atoms with Crippen LogP contribution in [0.1, 0.15) is 19.3 Å². The van der Waals surface area contributed by atoms with E-state index in [4.69, 9.17) is 14.5 Å². The summed E-state index contributed by atoms with van der Waals surface area (Å²) in [4.78, 5) is 18.0. The third-order valence-electron chi connectivity index (χ3n) is 5.47. The zero-order chi connectivity index (χ0) is 20.5. The molecule has 0 radical (unpaired) electrons. The van der Waals surface area contributed by atoms with Crippen LogP contribution in [0.4, 0.5) is 5.69 Å². The van der Waals surface area contributed by atoms with Crippen LogP contribution in [-0.4, -0.2) is 34.1 Å². The molecule has 1 amide bonds. The van der Waals surface area contributed by atoms with Gasteiger partial charge in [0.2, 0.25) is 6.41 Å². The van der Waals surface area contributed by atoms with Crippen LogP contribution in [0.3, 0.4) is 0 Å². The van der Waals surface area contributed by atoms with Crippen LogP contribution in [0.5, 0.6) is 5.75 Å². The molecule has 30 heavy (non-hydrogen) atoms.